The third kappa shape index (κ3) is 6.26. The third-order valence-electron chi connectivity index (χ3n) is 6.87. The maximum atomic E-state index is 13.9. The van der Waals surface area contributed by atoms with E-state index in [4.69, 9.17) is 21.1 Å². The summed E-state index contributed by atoms with van der Waals surface area (Å²) in [6, 6.07) is 21.6. The van der Waals surface area contributed by atoms with E-state index in [2.05, 4.69) is 10.0 Å². The van der Waals surface area contributed by atoms with Gasteiger partial charge in [-0.15, -0.1) is 0 Å². The van der Waals surface area contributed by atoms with Gasteiger partial charge in [-0.05, 0) is 85.1 Å². The molecule has 0 aromatic heterocycles. The number of hydrogen-bond donors (Lipinski definition) is 2. The van der Waals surface area contributed by atoms with Crippen LogP contribution in [-0.2, 0) is 26.5 Å². The molecule has 0 radical (unpaired) electrons. The number of sulfonamides is 2. The van der Waals surface area contributed by atoms with Gasteiger partial charge in [-0.1, -0.05) is 29.8 Å². The number of benzene rings is 4. The van der Waals surface area contributed by atoms with Gasteiger partial charge < -0.3 is 14.8 Å². The predicted octanol–water partition coefficient (Wildman–Crippen LogP) is 5.55. The van der Waals surface area contributed by atoms with Crippen molar-refractivity contribution in [1.29, 1.82) is 0 Å². The van der Waals surface area contributed by atoms with E-state index in [9.17, 15) is 21.6 Å². The van der Waals surface area contributed by atoms with Crippen LogP contribution >= 0.6 is 11.6 Å². The smallest absolute Gasteiger partial charge is 0.268 e. The predicted molar refractivity (Wildman–Crippen MR) is 165 cm³/mol. The Morgan fingerprint density at radius 2 is 1.47 bits per heavy atom. The second-order valence-corrected chi connectivity index (χ2v) is 13.5. The van der Waals surface area contributed by atoms with Crippen LogP contribution in [0.4, 0.5) is 17.1 Å². The monoisotopic (exact) mass is 641 g/mol. The molecule has 0 bridgehead atoms. The SMILES string of the molecule is COc1ccc(NC(=O)c2ccc(OC)c(S(=O)(=O)N3CCCc4ccccc43)c2)cc1S(=O)(=O)Nc1ccc(Cl)cc1. The topological polar surface area (TPSA) is 131 Å². The summed E-state index contributed by atoms with van der Waals surface area (Å²) in [4.78, 5) is 13.0. The Morgan fingerprint density at radius 3 is 2.19 bits per heavy atom. The zero-order chi connectivity index (χ0) is 30.8. The normalized spacial score (nSPS) is 13.1. The number of halogens is 1. The second-order valence-electron chi connectivity index (χ2n) is 9.61. The van der Waals surface area contributed by atoms with Crippen molar-refractivity contribution in [2.24, 2.45) is 0 Å². The number of ether oxygens (including phenoxy) is 2. The molecule has 1 aliphatic heterocycles. The maximum absolute atomic E-state index is 13.9. The number of aryl methyl sites for hydroxylation is 1. The van der Waals surface area contributed by atoms with Gasteiger partial charge in [0.15, 0.2) is 0 Å². The van der Waals surface area contributed by atoms with Crippen molar-refractivity contribution >= 4 is 54.6 Å². The van der Waals surface area contributed by atoms with Crippen LogP contribution in [0.3, 0.4) is 0 Å². The lowest BCUT2D eigenvalue weighted by atomic mass is 10.0. The lowest BCUT2D eigenvalue weighted by Crippen LogP contribution is -2.35. The first kappa shape index (κ1) is 30.2. The minimum atomic E-state index is -4.13. The van der Waals surface area contributed by atoms with Crippen LogP contribution in [0.5, 0.6) is 11.5 Å². The molecule has 13 heteroatoms. The Labute approximate surface area is 255 Å². The highest BCUT2D eigenvalue weighted by molar-refractivity contribution is 7.93. The van der Waals surface area contributed by atoms with Crippen molar-refractivity contribution in [3.05, 3.63) is 101 Å². The van der Waals surface area contributed by atoms with Crippen molar-refractivity contribution in [2.75, 3.05) is 35.1 Å². The number of amides is 1. The fourth-order valence-electron chi connectivity index (χ4n) is 4.78. The molecule has 0 saturated carbocycles. The van der Waals surface area contributed by atoms with Gasteiger partial charge in [0.2, 0.25) is 0 Å². The molecule has 4 aromatic carbocycles. The first-order valence-electron chi connectivity index (χ1n) is 13.1. The molecule has 2 N–H and O–H groups in total. The Morgan fingerprint density at radius 1 is 0.814 bits per heavy atom. The first-order chi connectivity index (χ1) is 20.5. The summed E-state index contributed by atoms with van der Waals surface area (Å²) in [5.74, 6) is -0.512. The van der Waals surface area contributed by atoms with Crippen LogP contribution in [0.1, 0.15) is 22.3 Å². The summed E-state index contributed by atoms with van der Waals surface area (Å²) < 4.78 is 68.6. The van der Waals surface area contributed by atoms with E-state index in [1.807, 2.05) is 12.1 Å². The Hall–Kier alpha value is -4.26. The van der Waals surface area contributed by atoms with Gasteiger partial charge in [-0.2, -0.15) is 0 Å². The average Bonchev–Trinajstić information content (AvgIpc) is 3.01. The van der Waals surface area contributed by atoms with Gasteiger partial charge in [0, 0.05) is 28.5 Å². The van der Waals surface area contributed by atoms with E-state index < -0.39 is 26.0 Å². The first-order valence-corrected chi connectivity index (χ1v) is 16.4. The zero-order valence-corrected chi connectivity index (χ0v) is 25.6. The van der Waals surface area contributed by atoms with Crippen molar-refractivity contribution in [2.45, 2.75) is 22.6 Å². The summed E-state index contributed by atoms with van der Waals surface area (Å²) in [6.45, 7) is 0.284. The summed E-state index contributed by atoms with van der Waals surface area (Å²) >= 11 is 5.90. The highest BCUT2D eigenvalue weighted by atomic mass is 35.5. The Bertz CT molecular complexity index is 1900. The third-order valence-corrected chi connectivity index (χ3v) is 10.4. The van der Waals surface area contributed by atoms with Gasteiger partial charge >= 0.3 is 0 Å². The molecule has 0 fully saturated rings. The fourth-order valence-corrected chi connectivity index (χ4v) is 7.89. The van der Waals surface area contributed by atoms with E-state index >= 15 is 0 Å². The number of hydrogen-bond acceptors (Lipinski definition) is 7. The van der Waals surface area contributed by atoms with Crippen molar-refractivity contribution in [3.8, 4) is 11.5 Å². The molecule has 0 spiro atoms. The van der Waals surface area contributed by atoms with Crippen LogP contribution in [0, 0.1) is 0 Å². The number of methoxy groups -OCH3 is 2. The highest BCUT2D eigenvalue weighted by Crippen LogP contribution is 2.36. The fraction of sp³-hybridized carbons (Fsp3) is 0.167. The Balaban J connectivity index is 1.45. The van der Waals surface area contributed by atoms with E-state index in [0.717, 1.165) is 12.0 Å². The maximum Gasteiger partial charge on any atom is 0.268 e. The number of para-hydroxylation sites is 1. The summed E-state index contributed by atoms with van der Waals surface area (Å²) in [6.07, 6.45) is 1.41. The van der Waals surface area contributed by atoms with Crippen molar-refractivity contribution in [3.63, 3.8) is 0 Å². The summed E-state index contributed by atoms with van der Waals surface area (Å²) in [5.41, 5.74) is 1.96. The molecular formula is C30H28ClN3O7S2. The molecule has 4 aromatic rings. The van der Waals surface area contributed by atoms with Gasteiger partial charge in [0.05, 0.1) is 19.9 Å². The Kier molecular flexibility index (Phi) is 8.54. The minimum Gasteiger partial charge on any atom is -0.495 e. The molecule has 1 heterocycles. The summed E-state index contributed by atoms with van der Waals surface area (Å²) in [5, 5.41) is 3.10. The molecule has 0 atom stereocenters. The molecule has 1 aliphatic rings. The number of nitrogens with zero attached hydrogens (tertiary/aromatic N) is 1. The molecule has 1 amide bonds. The van der Waals surface area contributed by atoms with Gasteiger partial charge in [-0.3, -0.25) is 13.8 Å². The van der Waals surface area contributed by atoms with Gasteiger partial charge in [0.1, 0.15) is 21.3 Å². The highest BCUT2D eigenvalue weighted by Gasteiger charge is 2.32. The number of fused-ring (bicyclic) bond motifs is 1. The minimum absolute atomic E-state index is 0.0317. The second kappa shape index (κ2) is 12.2. The zero-order valence-electron chi connectivity index (χ0n) is 23.2. The lowest BCUT2D eigenvalue weighted by molar-refractivity contribution is 0.102. The number of nitrogens with one attached hydrogen (secondary N) is 2. The number of carbonyl (C=O) groups is 1. The van der Waals surface area contributed by atoms with Crippen molar-refractivity contribution in [1.82, 2.24) is 0 Å². The molecule has 224 valence electrons. The van der Waals surface area contributed by atoms with E-state index in [-0.39, 0.29) is 44.8 Å². The number of rotatable bonds is 9. The van der Waals surface area contributed by atoms with E-state index in [1.165, 1.54) is 67.1 Å². The van der Waals surface area contributed by atoms with Crippen LogP contribution in [0.2, 0.25) is 5.02 Å². The average molecular weight is 642 g/mol. The molecule has 0 aliphatic carbocycles. The lowest BCUT2D eigenvalue weighted by Gasteiger charge is -2.31. The molecule has 10 nitrogen and oxygen atoms in total. The van der Waals surface area contributed by atoms with Gasteiger partial charge in [0.25, 0.3) is 26.0 Å². The quantitative estimate of drug-likeness (QED) is 0.245. The number of carbonyl (C=O) groups excluding carboxylic acids is 1. The van der Waals surface area contributed by atoms with Crippen LogP contribution in [0.15, 0.2) is 94.7 Å². The number of anilines is 3. The summed E-state index contributed by atoms with van der Waals surface area (Å²) in [7, 11) is -5.55. The standard InChI is InChI=1S/C30H28ClN3O7S2/c1-40-26-16-14-24(19-28(26)42(36,37)33-23-12-10-22(31)11-13-23)32-30(35)21-9-15-27(41-2)29(18-21)43(38,39)34-17-5-7-20-6-3-4-8-25(20)34/h3-4,6,8-16,18-19,33H,5,7,17H2,1-2H3,(H,32,35). The van der Waals surface area contributed by atoms with Crippen LogP contribution in [-0.4, -0.2) is 43.5 Å². The molecule has 5 rings (SSSR count). The van der Waals surface area contributed by atoms with Crippen molar-refractivity contribution < 1.29 is 31.1 Å². The largest absolute Gasteiger partial charge is 0.495 e. The molecular weight excluding hydrogens is 614 g/mol. The molecule has 0 unspecified atom stereocenters. The van der Waals surface area contributed by atoms with E-state index in [0.29, 0.717) is 17.1 Å². The molecule has 43 heavy (non-hydrogen) atoms. The molecule has 0 saturated heterocycles. The van der Waals surface area contributed by atoms with Gasteiger partial charge in [-0.25, -0.2) is 16.8 Å². The van der Waals surface area contributed by atoms with E-state index in [1.54, 1.807) is 24.3 Å². The van der Waals surface area contributed by atoms with Crippen LogP contribution in [0.25, 0.3) is 0 Å². The van der Waals surface area contributed by atoms with Crippen LogP contribution < -0.4 is 23.8 Å².